The molecule has 1 aromatic heterocycles. The van der Waals surface area contributed by atoms with Gasteiger partial charge in [0, 0.05) is 36.2 Å². The van der Waals surface area contributed by atoms with E-state index in [0.29, 0.717) is 0 Å². The van der Waals surface area contributed by atoms with E-state index >= 15 is 0 Å². The van der Waals surface area contributed by atoms with Crippen LogP contribution in [-0.2, 0) is 13.0 Å². The van der Waals surface area contributed by atoms with Crippen LogP contribution in [0, 0.1) is 5.41 Å². The predicted octanol–water partition coefficient (Wildman–Crippen LogP) is 1.52. The van der Waals surface area contributed by atoms with Crippen molar-refractivity contribution in [3.05, 3.63) is 35.0 Å². The van der Waals surface area contributed by atoms with Crippen molar-refractivity contribution in [3.8, 4) is 5.75 Å². The molecule has 0 atom stereocenters. The molecular weight excluding hydrogens is 252 g/mol. The van der Waals surface area contributed by atoms with Gasteiger partial charge in [0.05, 0.1) is 12.6 Å². The molecule has 3 rings (SSSR count). The molecule has 0 radical (unpaired) electrons. The van der Waals surface area contributed by atoms with Gasteiger partial charge in [0.2, 0.25) is 0 Å². The molecule has 2 heterocycles. The van der Waals surface area contributed by atoms with Gasteiger partial charge in [-0.15, -0.1) is 0 Å². The standard InChI is InChI=1S/C15H18N4O/c1-19-6-5-13-11(8-19)14(15(16)17)10-7-9(20-2)3-4-12(10)18-13/h3-4,7H,5-6,8H2,1-2H3,(H3,16,17). The number of nitrogens with one attached hydrogen (secondary N) is 1. The zero-order valence-electron chi connectivity index (χ0n) is 11.7. The third-order valence-corrected chi connectivity index (χ3v) is 3.81. The van der Waals surface area contributed by atoms with Crippen molar-refractivity contribution < 1.29 is 4.74 Å². The van der Waals surface area contributed by atoms with Gasteiger partial charge < -0.3 is 15.4 Å². The number of amidine groups is 1. The lowest BCUT2D eigenvalue weighted by atomic mass is 9.95. The summed E-state index contributed by atoms with van der Waals surface area (Å²) in [6, 6.07) is 5.73. The summed E-state index contributed by atoms with van der Waals surface area (Å²) in [6.45, 7) is 1.77. The summed E-state index contributed by atoms with van der Waals surface area (Å²) in [5, 5.41) is 8.84. The monoisotopic (exact) mass is 270 g/mol. The van der Waals surface area contributed by atoms with Crippen LogP contribution >= 0.6 is 0 Å². The molecule has 0 saturated carbocycles. The molecule has 1 aliphatic rings. The summed E-state index contributed by atoms with van der Waals surface area (Å²) in [4.78, 5) is 6.96. The Hall–Kier alpha value is -2.14. The van der Waals surface area contributed by atoms with Gasteiger partial charge in [0.25, 0.3) is 0 Å². The first-order chi connectivity index (χ1) is 9.60. The first-order valence-electron chi connectivity index (χ1n) is 6.62. The molecule has 0 amide bonds. The summed E-state index contributed by atoms with van der Waals surface area (Å²) in [7, 11) is 3.71. The third kappa shape index (κ3) is 2.00. The minimum Gasteiger partial charge on any atom is -0.497 e. The van der Waals surface area contributed by atoms with E-state index in [0.717, 1.165) is 53.0 Å². The molecule has 2 aromatic rings. The molecular formula is C15H18N4O. The molecule has 0 saturated heterocycles. The summed E-state index contributed by atoms with van der Waals surface area (Å²) in [6.07, 6.45) is 0.897. The number of hydrogen-bond acceptors (Lipinski definition) is 4. The Bertz CT molecular complexity index is 696. The molecule has 20 heavy (non-hydrogen) atoms. The molecule has 3 N–H and O–H groups in total. The Labute approximate surface area is 117 Å². The van der Waals surface area contributed by atoms with Crippen molar-refractivity contribution in [2.75, 3.05) is 20.7 Å². The predicted molar refractivity (Wildman–Crippen MR) is 79.3 cm³/mol. The molecule has 1 aromatic carbocycles. The Kier molecular flexibility index (Phi) is 3.06. The van der Waals surface area contributed by atoms with Gasteiger partial charge in [-0.05, 0) is 30.8 Å². The second-order valence-electron chi connectivity index (χ2n) is 5.20. The number of hydrogen-bond donors (Lipinski definition) is 2. The van der Waals surface area contributed by atoms with Crippen molar-refractivity contribution in [2.45, 2.75) is 13.0 Å². The number of nitrogens with zero attached hydrogens (tertiary/aromatic N) is 2. The first kappa shape index (κ1) is 12.9. The second kappa shape index (κ2) is 4.76. The van der Waals surface area contributed by atoms with E-state index < -0.39 is 0 Å². The van der Waals surface area contributed by atoms with Crippen LogP contribution in [-0.4, -0.2) is 36.4 Å². The first-order valence-corrected chi connectivity index (χ1v) is 6.62. The summed E-state index contributed by atoms with van der Waals surface area (Å²) in [5.74, 6) is 0.850. The third-order valence-electron chi connectivity index (χ3n) is 3.81. The zero-order valence-corrected chi connectivity index (χ0v) is 11.7. The van der Waals surface area contributed by atoms with E-state index in [4.69, 9.17) is 20.9 Å². The van der Waals surface area contributed by atoms with Gasteiger partial charge in [-0.2, -0.15) is 0 Å². The number of nitrogen functional groups attached to an aromatic ring is 1. The molecule has 0 unspecified atom stereocenters. The molecule has 0 fully saturated rings. The maximum Gasteiger partial charge on any atom is 0.123 e. The fourth-order valence-electron chi connectivity index (χ4n) is 2.79. The molecule has 0 bridgehead atoms. The fourth-order valence-corrected chi connectivity index (χ4v) is 2.79. The van der Waals surface area contributed by atoms with E-state index in [9.17, 15) is 0 Å². The van der Waals surface area contributed by atoms with E-state index in [-0.39, 0.29) is 5.84 Å². The molecule has 104 valence electrons. The molecule has 5 heteroatoms. The number of aromatic nitrogens is 1. The quantitative estimate of drug-likeness (QED) is 0.641. The average Bonchev–Trinajstić information content (AvgIpc) is 2.43. The highest BCUT2D eigenvalue weighted by molar-refractivity contribution is 6.08. The smallest absolute Gasteiger partial charge is 0.123 e. The van der Waals surface area contributed by atoms with Crippen molar-refractivity contribution in [2.24, 2.45) is 5.73 Å². The van der Waals surface area contributed by atoms with Crippen LogP contribution in [0.1, 0.15) is 16.8 Å². The lowest BCUT2D eigenvalue weighted by molar-refractivity contribution is 0.310. The maximum absolute atomic E-state index is 7.94. The number of benzene rings is 1. The van der Waals surface area contributed by atoms with Crippen LogP contribution in [0.4, 0.5) is 0 Å². The normalized spacial score (nSPS) is 15.1. The van der Waals surface area contributed by atoms with Gasteiger partial charge >= 0.3 is 0 Å². The minimum absolute atomic E-state index is 0.0946. The highest BCUT2D eigenvalue weighted by Crippen LogP contribution is 2.29. The Morgan fingerprint density at radius 1 is 1.45 bits per heavy atom. The van der Waals surface area contributed by atoms with Crippen molar-refractivity contribution in [1.82, 2.24) is 9.88 Å². The molecule has 0 aliphatic carbocycles. The second-order valence-corrected chi connectivity index (χ2v) is 5.20. The van der Waals surface area contributed by atoms with Crippen molar-refractivity contribution >= 4 is 16.7 Å². The summed E-state index contributed by atoms with van der Waals surface area (Å²) in [5.41, 5.74) is 9.65. The molecule has 0 spiro atoms. The lowest BCUT2D eigenvalue weighted by Gasteiger charge is -2.27. The number of ether oxygens (including phenoxy) is 1. The lowest BCUT2D eigenvalue weighted by Crippen LogP contribution is -2.30. The van der Waals surface area contributed by atoms with E-state index in [1.165, 1.54) is 0 Å². The molecule has 1 aliphatic heterocycles. The average molecular weight is 270 g/mol. The van der Waals surface area contributed by atoms with E-state index in [1.807, 2.05) is 18.2 Å². The largest absolute Gasteiger partial charge is 0.497 e. The zero-order chi connectivity index (χ0) is 14.3. The van der Waals surface area contributed by atoms with Crippen LogP contribution < -0.4 is 10.5 Å². The topological polar surface area (TPSA) is 75.2 Å². The van der Waals surface area contributed by atoms with Crippen molar-refractivity contribution in [3.63, 3.8) is 0 Å². The van der Waals surface area contributed by atoms with Crippen LogP contribution in [0.25, 0.3) is 10.9 Å². The Morgan fingerprint density at radius 2 is 2.25 bits per heavy atom. The number of fused-ring (bicyclic) bond motifs is 2. The van der Waals surface area contributed by atoms with Crippen LogP contribution in [0.2, 0.25) is 0 Å². The van der Waals surface area contributed by atoms with E-state index in [1.54, 1.807) is 7.11 Å². The Balaban J connectivity index is 2.34. The molecule has 5 nitrogen and oxygen atoms in total. The van der Waals surface area contributed by atoms with E-state index in [2.05, 4.69) is 11.9 Å². The number of methoxy groups -OCH3 is 1. The fraction of sp³-hybridized carbons (Fsp3) is 0.333. The van der Waals surface area contributed by atoms with Crippen LogP contribution in [0.3, 0.4) is 0 Å². The Morgan fingerprint density at radius 3 is 2.95 bits per heavy atom. The van der Waals surface area contributed by atoms with Crippen molar-refractivity contribution in [1.29, 1.82) is 5.41 Å². The highest BCUT2D eigenvalue weighted by Gasteiger charge is 2.22. The number of nitrogens with two attached hydrogens (primary N) is 1. The maximum atomic E-state index is 7.94. The number of likely N-dealkylation sites (N-methyl/N-ethyl adjacent to an activating group) is 1. The number of pyridine rings is 1. The summed E-state index contributed by atoms with van der Waals surface area (Å²) < 4.78 is 5.27. The van der Waals surface area contributed by atoms with Gasteiger partial charge in [-0.1, -0.05) is 0 Å². The SMILES string of the molecule is COc1ccc2nc3c(c(C(=N)N)c2c1)CN(C)CC3. The summed E-state index contributed by atoms with van der Waals surface area (Å²) >= 11 is 0. The van der Waals surface area contributed by atoms with Gasteiger partial charge in [-0.3, -0.25) is 10.4 Å². The van der Waals surface area contributed by atoms with Crippen LogP contribution in [0.15, 0.2) is 18.2 Å². The minimum atomic E-state index is 0.0946. The van der Waals surface area contributed by atoms with Gasteiger partial charge in [0.15, 0.2) is 0 Å². The number of rotatable bonds is 2. The highest BCUT2D eigenvalue weighted by atomic mass is 16.5. The van der Waals surface area contributed by atoms with Gasteiger partial charge in [0.1, 0.15) is 11.6 Å². The van der Waals surface area contributed by atoms with Crippen LogP contribution in [0.5, 0.6) is 5.75 Å². The van der Waals surface area contributed by atoms with Gasteiger partial charge in [-0.25, -0.2) is 0 Å².